The summed E-state index contributed by atoms with van der Waals surface area (Å²) in [5, 5.41) is 3.33. The minimum atomic E-state index is -0.116. The molecule has 0 spiro atoms. The second-order valence-corrected chi connectivity index (χ2v) is 4.50. The van der Waals surface area contributed by atoms with Gasteiger partial charge in [0.15, 0.2) is 5.78 Å². The number of ketones is 1. The molecule has 1 N–H and O–H groups in total. The molecule has 14 heavy (non-hydrogen) atoms. The highest BCUT2D eigenvalue weighted by Crippen LogP contribution is 2.31. The van der Waals surface area contributed by atoms with Crippen LogP contribution in [-0.2, 0) is 4.79 Å². The summed E-state index contributed by atoms with van der Waals surface area (Å²) in [6.45, 7) is 7.99. The molecule has 0 aromatic heterocycles. The largest absolute Gasteiger partial charge is 0.316 e. The van der Waals surface area contributed by atoms with Crippen LogP contribution in [0.4, 0.5) is 0 Å². The fourth-order valence-corrected chi connectivity index (χ4v) is 2.07. The molecule has 1 aliphatic heterocycles. The zero-order chi connectivity index (χ0) is 10.6. The van der Waals surface area contributed by atoms with Gasteiger partial charge in [-0.1, -0.05) is 12.5 Å². The summed E-state index contributed by atoms with van der Waals surface area (Å²) >= 11 is 0. The number of piperidine rings is 1. The van der Waals surface area contributed by atoms with Crippen molar-refractivity contribution < 1.29 is 4.79 Å². The van der Waals surface area contributed by atoms with Gasteiger partial charge in [0.1, 0.15) is 0 Å². The van der Waals surface area contributed by atoms with Crippen LogP contribution >= 0.6 is 0 Å². The van der Waals surface area contributed by atoms with Gasteiger partial charge in [-0.15, -0.1) is 0 Å². The maximum Gasteiger partial charge on any atom is 0.163 e. The van der Waals surface area contributed by atoms with Crippen LogP contribution in [0, 0.1) is 5.41 Å². The summed E-state index contributed by atoms with van der Waals surface area (Å²) in [4.78, 5) is 12.0. The van der Waals surface area contributed by atoms with Gasteiger partial charge in [0.25, 0.3) is 0 Å². The normalized spacial score (nSPS) is 27.1. The minimum absolute atomic E-state index is 0.116. The third kappa shape index (κ3) is 2.44. The van der Waals surface area contributed by atoms with Crippen molar-refractivity contribution in [1.82, 2.24) is 5.32 Å². The van der Waals surface area contributed by atoms with Gasteiger partial charge >= 0.3 is 0 Å². The average Bonchev–Trinajstić information content (AvgIpc) is 2.18. The number of hydrogen-bond donors (Lipinski definition) is 1. The van der Waals surface area contributed by atoms with Gasteiger partial charge in [0, 0.05) is 12.0 Å². The van der Waals surface area contributed by atoms with Crippen molar-refractivity contribution in [3.8, 4) is 0 Å². The van der Waals surface area contributed by atoms with Gasteiger partial charge in [-0.25, -0.2) is 0 Å². The molecule has 0 aromatic carbocycles. The summed E-state index contributed by atoms with van der Waals surface area (Å²) in [7, 11) is 0. The standard InChI is InChI=1S/C12H21NO/c1-4-12(6-5-7-13-9-12)11(14)8-10(2)3/h8,13H,4-7,9H2,1-3H3. The van der Waals surface area contributed by atoms with Crippen LogP contribution in [0.3, 0.4) is 0 Å². The van der Waals surface area contributed by atoms with Crippen molar-refractivity contribution in [3.63, 3.8) is 0 Å². The highest BCUT2D eigenvalue weighted by atomic mass is 16.1. The monoisotopic (exact) mass is 195 g/mol. The van der Waals surface area contributed by atoms with Crippen LogP contribution in [0.2, 0.25) is 0 Å². The Morgan fingerprint density at radius 3 is 2.64 bits per heavy atom. The van der Waals surface area contributed by atoms with Crippen LogP contribution in [0.1, 0.15) is 40.0 Å². The highest BCUT2D eigenvalue weighted by molar-refractivity contribution is 5.95. The first-order chi connectivity index (χ1) is 6.60. The lowest BCUT2D eigenvalue weighted by atomic mass is 9.74. The maximum atomic E-state index is 12.0. The van der Waals surface area contributed by atoms with Gasteiger partial charge in [-0.2, -0.15) is 0 Å². The Labute approximate surface area is 86.8 Å². The Morgan fingerprint density at radius 1 is 1.50 bits per heavy atom. The van der Waals surface area contributed by atoms with Crippen molar-refractivity contribution in [1.29, 1.82) is 0 Å². The molecule has 2 nitrogen and oxygen atoms in total. The second kappa shape index (κ2) is 4.74. The highest BCUT2D eigenvalue weighted by Gasteiger charge is 2.35. The maximum absolute atomic E-state index is 12.0. The van der Waals surface area contributed by atoms with Crippen LogP contribution in [0.5, 0.6) is 0 Å². The van der Waals surface area contributed by atoms with Crippen LogP contribution in [0.15, 0.2) is 11.6 Å². The molecule has 1 heterocycles. The van der Waals surface area contributed by atoms with E-state index in [2.05, 4.69) is 12.2 Å². The van der Waals surface area contributed by atoms with Gasteiger partial charge < -0.3 is 5.32 Å². The van der Waals surface area contributed by atoms with Crippen LogP contribution in [-0.4, -0.2) is 18.9 Å². The molecule has 1 atom stereocenters. The van der Waals surface area contributed by atoms with Crippen molar-refractivity contribution in [2.45, 2.75) is 40.0 Å². The molecular formula is C12H21NO. The summed E-state index contributed by atoms with van der Waals surface area (Å²) in [5.41, 5.74) is 0.989. The Bertz CT molecular complexity index is 233. The van der Waals surface area contributed by atoms with Crippen molar-refractivity contribution in [3.05, 3.63) is 11.6 Å². The van der Waals surface area contributed by atoms with E-state index in [0.29, 0.717) is 5.78 Å². The van der Waals surface area contributed by atoms with Gasteiger partial charge in [-0.3, -0.25) is 4.79 Å². The van der Waals surface area contributed by atoms with Crippen molar-refractivity contribution in [2.75, 3.05) is 13.1 Å². The zero-order valence-electron chi connectivity index (χ0n) is 9.52. The molecule has 1 fully saturated rings. The molecule has 0 aliphatic carbocycles. The van der Waals surface area contributed by atoms with Crippen molar-refractivity contribution >= 4 is 5.78 Å². The molecule has 80 valence electrons. The molecule has 1 rings (SSSR count). The number of nitrogens with one attached hydrogen (secondary N) is 1. The third-order valence-electron chi connectivity index (χ3n) is 3.09. The minimum Gasteiger partial charge on any atom is -0.316 e. The summed E-state index contributed by atoms with van der Waals surface area (Å²) < 4.78 is 0. The molecule has 0 amide bonds. The fourth-order valence-electron chi connectivity index (χ4n) is 2.07. The summed E-state index contributed by atoms with van der Waals surface area (Å²) in [5.74, 6) is 0.312. The predicted molar refractivity (Wildman–Crippen MR) is 59.3 cm³/mol. The topological polar surface area (TPSA) is 29.1 Å². The Kier molecular flexibility index (Phi) is 3.87. The first-order valence-corrected chi connectivity index (χ1v) is 5.51. The molecule has 0 saturated carbocycles. The lowest BCUT2D eigenvalue weighted by Crippen LogP contribution is -2.44. The van der Waals surface area contributed by atoms with E-state index in [1.165, 1.54) is 0 Å². The first kappa shape index (κ1) is 11.4. The van der Waals surface area contributed by atoms with E-state index in [-0.39, 0.29) is 5.41 Å². The van der Waals surface area contributed by atoms with E-state index in [0.717, 1.165) is 37.9 Å². The molecule has 1 saturated heterocycles. The molecule has 1 aliphatic rings. The number of rotatable bonds is 3. The van der Waals surface area contributed by atoms with Crippen LogP contribution in [0.25, 0.3) is 0 Å². The molecular weight excluding hydrogens is 174 g/mol. The number of hydrogen-bond acceptors (Lipinski definition) is 2. The molecule has 0 radical (unpaired) electrons. The summed E-state index contributed by atoms with van der Waals surface area (Å²) in [6.07, 6.45) is 4.91. The molecule has 1 unspecified atom stereocenters. The van der Waals surface area contributed by atoms with E-state index >= 15 is 0 Å². The van der Waals surface area contributed by atoms with E-state index in [1.54, 1.807) is 6.08 Å². The Balaban J connectivity index is 2.77. The van der Waals surface area contributed by atoms with E-state index in [1.807, 2.05) is 13.8 Å². The number of carbonyl (C=O) groups excluding carboxylic acids is 1. The van der Waals surface area contributed by atoms with E-state index < -0.39 is 0 Å². The van der Waals surface area contributed by atoms with Gasteiger partial charge in [0.2, 0.25) is 0 Å². The summed E-state index contributed by atoms with van der Waals surface area (Å²) in [6, 6.07) is 0. The SMILES string of the molecule is CCC1(C(=O)C=C(C)C)CCCNC1. The third-order valence-corrected chi connectivity index (χ3v) is 3.09. The van der Waals surface area contributed by atoms with E-state index in [9.17, 15) is 4.79 Å². The second-order valence-electron chi connectivity index (χ2n) is 4.50. The Hall–Kier alpha value is -0.630. The zero-order valence-corrected chi connectivity index (χ0v) is 9.52. The first-order valence-electron chi connectivity index (χ1n) is 5.51. The van der Waals surface area contributed by atoms with Gasteiger partial charge in [-0.05, 0) is 45.7 Å². The number of carbonyl (C=O) groups is 1. The average molecular weight is 195 g/mol. The van der Waals surface area contributed by atoms with E-state index in [4.69, 9.17) is 0 Å². The Morgan fingerprint density at radius 2 is 2.21 bits per heavy atom. The van der Waals surface area contributed by atoms with Crippen molar-refractivity contribution in [2.24, 2.45) is 5.41 Å². The fraction of sp³-hybridized carbons (Fsp3) is 0.750. The smallest absolute Gasteiger partial charge is 0.163 e. The molecule has 0 bridgehead atoms. The quantitative estimate of drug-likeness (QED) is 0.700. The molecule has 0 aromatic rings. The number of allylic oxidation sites excluding steroid dienone is 2. The molecule has 2 heteroatoms. The van der Waals surface area contributed by atoms with Crippen LogP contribution < -0.4 is 5.32 Å². The predicted octanol–water partition coefficient (Wildman–Crippen LogP) is 2.30. The van der Waals surface area contributed by atoms with Gasteiger partial charge in [0.05, 0.1) is 0 Å². The lowest BCUT2D eigenvalue weighted by molar-refractivity contribution is -0.125. The lowest BCUT2D eigenvalue weighted by Gasteiger charge is -2.34.